The summed E-state index contributed by atoms with van der Waals surface area (Å²) in [7, 11) is 1.47. The maximum Gasteiger partial charge on any atom is 0.433 e. The molecule has 0 saturated carbocycles. The van der Waals surface area contributed by atoms with Crippen LogP contribution in [0.15, 0.2) is 5.16 Å². The van der Waals surface area contributed by atoms with E-state index in [1.807, 2.05) is 4.90 Å². The van der Waals surface area contributed by atoms with E-state index in [0.29, 0.717) is 17.2 Å². The lowest BCUT2D eigenvalue weighted by Gasteiger charge is -2.22. The van der Waals surface area contributed by atoms with E-state index in [0.717, 1.165) is 38.8 Å². The number of hydrogen-bond acceptors (Lipinski definition) is 5. The molecule has 2 amide bonds. The zero-order valence-corrected chi connectivity index (χ0v) is 15.0. The summed E-state index contributed by atoms with van der Waals surface area (Å²) >= 11 is 1.42. The van der Waals surface area contributed by atoms with E-state index < -0.39 is 6.09 Å². The number of amides is 2. The Hall–Kier alpha value is -1.24. The third-order valence-electron chi connectivity index (χ3n) is 3.00. The molecule has 0 aliphatic rings. The number of rotatable bonds is 10. The van der Waals surface area contributed by atoms with Gasteiger partial charge < -0.3 is 10.2 Å². The molecule has 1 N–H and O–H groups in total. The van der Waals surface area contributed by atoms with Crippen LogP contribution in [0.1, 0.15) is 52.9 Å². The molecule has 22 heavy (non-hydrogen) atoms. The van der Waals surface area contributed by atoms with Crippen LogP contribution in [0.3, 0.4) is 0 Å². The summed E-state index contributed by atoms with van der Waals surface area (Å²) in [5, 5.41) is 6.62. The number of carbonyl (C=O) groups is 2. The van der Waals surface area contributed by atoms with Crippen molar-refractivity contribution in [2.75, 3.05) is 25.9 Å². The normalized spacial score (nSPS) is 11.2. The molecule has 0 aromatic carbocycles. The van der Waals surface area contributed by atoms with Crippen molar-refractivity contribution >= 4 is 28.8 Å². The second-order valence-corrected chi connectivity index (χ2v) is 6.21. The predicted octanol–water partition coefficient (Wildman–Crippen LogP) is 3.23. The molecule has 0 fully saturated rings. The monoisotopic (exact) mass is 331 g/mol. The second-order valence-electron chi connectivity index (χ2n) is 4.93. The molecule has 0 aromatic rings. The van der Waals surface area contributed by atoms with E-state index in [-0.39, 0.29) is 5.91 Å². The Morgan fingerprint density at radius 1 is 1.18 bits per heavy atom. The first-order valence-corrected chi connectivity index (χ1v) is 8.87. The van der Waals surface area contributed by atoms with Gasteiger partial charge in [-0.25, -0.2) is 4.79 Å². The van der Waals surface area contributed by atoms with Gasteiger partial charge in [0.1, 0.15) is 5.04 Å². The average Bonchev–Trinajstić information content (AvgIpc) is 2.52. The van der Waals surface area contributed by atoms with Crippen LogP contribution in [0, 0.1) is 0 Å². The van der Waals surface area contributed by atoms with Crippen LogP contribution < -0.4 is 5.32 Å². The highest BCUT2D eigenvalue weighted by Gasteiger charge is 2.12. The molecule has 0 aliphatic carbocycles. The number of oxime groups is 1. The lowest BCUT2D eigenvalue weighted by molar-refractivity contribution is -0.130. The third-order valence-corrected chi connectivity index (χ3v) is 3.90. The van der Waals surface area contributed by atoms with Crippen LogP contribution >= 0.6 is 11.8 Å². The van der Waals surface area contributed by atoms with Gasteiger partial charge in [-0.15, -0.1) is 11.8 Å². The SMILES string of the molecule is CCCCN(CCCC)C(=O)CCSC(C)=NOC(=O)NC. The highest BCUT2D eigenvalue weighted by molar-refractivity contribution is 8.13. The van der Waals surface area contributed by atoms with E-state index in [4.69, 9.17) is 0 Å². The van der Waals surface area contributed by atoms with E-state index in [1.54, 1.807) is 6.92 Å². The Morgan fingerprint density at radius 2 is 1.77 bits per heavy atom. The zero-order valence-electron chi connectivity index (χ0n) is 14.2. The molecule has 0 spiro atoms. The summed E-state index contributed by atoms with van der Waals surface area (Å²) in [5.41, 5.74) is 0. The summed E-state index contributed by atoms with van der Waals surface area (Å²) in [6.45, 7) is 7.69. The van der Waals surface area contributed by atoms with Crippen LogP contribution in [-0.4, -0.2) is 47.8 Å². The molecule has 0 heterocycles. The number of unbranched alkanes of at least 4 members (excludes halogenated alkanes) is 2. The van der Waals surface area contributed by atoms with Gasteiger partial charge in [0.15, 0.2) is 0 Å². The predicted molar refractivity (Wildman–Crippen MR) is 92.1 cm³/mol. The molecule has 7 heteroatoms. The molecular weight excluding hydrogens is 302 g/mol. The second kappa shape index (κ2) is 13.4. The molecule has 0 aliphatic heterocycles. The van der Waals surface area contributed by atoms with Gasteiger partial charge in [-0.05, 0) is 19.8 Å². The first kappa shape index (κ1) is 20.8. The van der Waals surface area contributed by atoms with Crippen molar-refractivity contribution in [3.8, 4) is 0 Å². The minimum Gasteiger partial charge on any atom is -0.343 e. The van der Waals surface area contributed by atoms with Gasteiger partial charge in [-0.1, -0.05) is 31.8 Å². The highest BCUT2D eigenvalue weighted by Crippen LogP contribution is 2.09. The molecular formula is C15H29N3O3S. The standard InChI is InChI=1S/C15H29N3O3S/c1-5-7-10-18(11-8-6-2)14(19)9-12-22-13(3)17-21-15(20)16-4/h5-12H2,1-4H3,(H,16,20). The van der Waals surface area contributed by atoms with Gasteiger partial charge in [-0.3, -0.25) is 9.63 Å². The Labute approximate surface area is 138 Å². The number of carbonyl (C=O) groups excluding carboxylic acids is 2. The minimum absolute atomic E-state index is 0.189. The third kappa shape index (κ3) is 10.5. The molecule has 0 atom stereocenters. The molecule has 0 radical (unpaired) electrons. The molecule has 0 aromatic heterocycles. The fourth-order valence-corrected chi connectivity index (χ4v) is 2.34. The molecule has 0 bridgehead atoms. The maximum absolute atomic E-state index is 12.2. The van der Waals surface area contributed by atoms with Crippen molar-refractivity contribution in [3.63, 3.8) is 0 Å². The quantitative estimate of drug-likeness (QED) is 0.289. The largest absolute Gasteiger partial charge is 0.433 e. The Kier molecular flexibility index (Phi) is 12.7. The average molecular weight is 331 g/mol. The van der Waals surface area contributed by atoms with Gasteiger partial charge >= 0.3 is 6.09 Å². The van der Waals surface area contributed by atoms with Gasteiger partial charge in [-0.2, -0.15) is 0 Å². The van der Waals surface area contributed by atoms with Crippen LogP contribution in [0.4, 0.5) is 4.79 Å². The number of nitrogens with zero attached hydrogens (tertiary/aromatic N) is 2. The highest BCUT2D eigenvalue weighted by atomic mass is 32.2. The summed E-state index contributed by atoms with van der Waals surface area (Å²) in [6, 6.07) is 0. The molecule has 0 rings (SSSR count). The topological polar surface area (TPSA) is 71.0 Å². The fraction of sp³-hybridized carbons (Fsp3) is 0.800. The van der Waals surface area contributed by atoms with Crippen LogP contribution in [0.25, 0.3) is 0 Å². The molecule has 0 unspecified atom stereocenters. The van der Waals surface area contributed by atoms with Gasteiger partial charge in [0, 0.05) is 32.3 Å². The van der Waals surface area contributed by atoms with Crippen molar-refractivity contribution in [3.05, 3.63) is 0 Å². The molecule has 6 nitrogen and oxygen atoms in total. The number of hydrogen-bond donors (Lipinski definition) is 1. The smallest absolute Gasteiger partial charge is 0.343 e. The lowest BCUT2D eigenvalue weighted by atomic mass is 10.2. The maximum atomic E-state index is 12.2. The Balaban J connectivity index is 4.12. The van der Waals surface area contributed by atoms with Crippen molar-refractivity contribution < 1.29 is 14.4 Å². The number of nitrogens with one attached hydrogen (secondary N) is 1. The first-order chi connectivity index (χ1) is 10.5. The van der Waals surface area contributed by atoms with Crippen molar-refractivity contribution in [1.82, 2.24) is 10.2 Å². The zero-order chi connectivity index (χ0) is 16.8. The van der Waals surface area contributed by atoms with Gasteiger partial charge in [0.25, 0.3) is 0 Å². The summed E-state index contributed by atoms with van der Waals surface area (Å²) in [5.74, 6) is 0.828. The summed E-state index contributed by atoms with van der Waals surface area (Å²) in [4.78, 5) is 29.6. The van der Waals surface area contributed by atoms with Gasteiger partial charge in [0.05, 0.1) is 0 Å². The minimum atomic E-state index is -0.596. The lowest BCUT2D eigenvalue weighted by Crippen LogP contribution is -2.33. The summed E-state index contributed by atoms with van der Waals surface area (Å²) in [6.07, 6.45) is 4.15. The van der Waals surface area contributed by atoms with Crippen molar-refractivity contribution in [2.45, 2.75) is 52.9 Å². The van der Waals surface area contributed by atoms with Crippen LogP contribution in [0.2, 0.25) is 0 Å². The fourth-order valence-electron chi connectivity index (χ4n) is 1.68. The first-order valence-electron chi connectivity index (χ1n) is 7.89. The van der Waals surface area contributed by atoms with Crippen molar-refractivity contribution in [1.29, 1.82) is 0 Å². The Morgan fingerprint density at radius 3 is 2.27 bits per heavy atom. The number of thioether (sulfide) groups is 1. The Bertz CT molecular complexity index is 354. The van der Waals surface area contributed by atoms with Crippen LogP contribution in [0.5, 0.6) is 0 Å². The molecule has 0 saturated heterocycles. The van der Waals surface area contributed by atoms with Crippen molar-refractivity contribution in [2.24, 2.45) is 5.16 Å². The van der Waals surface area contributed by atoms with E-state index >= 15 is 0 Å². The van der Waals surface area contributed by atoms with E-state index in [1.165, 1.54) is 18.8 Å². The van der Waals surface area contributed by atoms with E-state index in [2.05, 4.69) is 29.2 Å². The summed E-state index contributed by atoms with van der Waals surface area (Å²) < 4.78 is 0. The molecule has 128 valence electrons. The van der Waals surface area contributed by atoms with Crippen LogP contribution in [-0.2, 0) is 9.63 Å². The van der Waals surface area contributed by atoms with Gasteiger partial charge in [0.2, 0.25) is 5.91 Å². The van der Waals surface area contributed by atoms with E-state index in [9.17, 15) is 9.59 Å².